The van der Waals surface area contributed by atoms with Gasteiger partial charge in [0.2, 0.25) is 0 Å². The molecule has 1 amide bonds. The standard InChI is InChI=1S/C23H21N3O3S/c1-3-17-15(2)22(16-8-4-5-9-18(16)25-17)23(28)29-14-21(27)26-19-10-6-7-11-20(19)30-13-12-24/h4-11H,3,13-14H2,1-2H3,(H,26,27). The van der Waals surface area contributed by atoms with Crippen molar-refractivity contribution in [2.24, 2.45) is 0 Å². The number of nitriles is 1. The summed E-state index contributed by atoms with van der Waals surface area (Å²) < 4.78 is 5.33. The molecule has 0 unspecified atom stereocenters. The van der Waals surface area contributed by atoms with Crippen LogP contribution >= 0.6 is 11.8 Å². The summed E-state index contributed by atoms with van der Waals surface area (Å²) in [5, 5.41) is 12.2. The zero-order valence-corrected chi connectivity index (χ0v) is 17.6. The number of hydrogen-bond acceptors (Lipinski definition) is 6. The molecule has 152 valence electrons. The predicted molar refractivity (Wildman–Crippen MR) is 118 cm³/mol. The van der Waals surface area contributed by atoms with Crippen molar-refractivity contribution in [3.05, 3.63) is 65.4 Å². The average Bonchev–Trinajstić information content (AvgIpc) is 2.76. The highest BCUT2D eigenvalue weighted by Gasteiger charge is 2.19. The Morgan fingerprint density at radius 2 is 1.90 bits per heavy atom. The van der Waals surface area contributed by atoms with E-state index in [0.29, 0.717) is 23.1 Å². The van der Waals surface area contributed by atoms with E-state index in [1.54, 1.807) is 12.1 Å². The van der Waals surface area contributed by atoms with Crippen LogP contribution in [0.4, 0.5) is 5.69 Å². The molecule has 3 rings (SSSR count). The van der Waals surface area contributed by atoms with Gasteiger partial charge in [-0.25, -0.2) is 4.79 Å². The number of aromatic nitrogens is 1. The van der Waals surface area contributed by atoms with E-state index >= 15 is 0 Å². The molecule has 1 N–H and O–H groups in total. The largest absolute Gasteiger partial charge is 0.452 e. The first-order valence-electron chi connectivity index (χ1n) is 9.49. The van der Waals surface area contributed by atoms with E-state index in [0.717, 1.165) is 21.7 Å². The van der Waals surface area contributed by atoms with Crippen molar-refractivity contribution < 1.29 is 14.3 Å². The van der Waals surface area contributed by atoms with E-state index in [4.69, 9.17) is 10.00 Å². The number of esters is 1. The summed E-state index contributed by atoms with van der Waals surface area (Å²) in [6.07, 6.45) is 0.689. The Labute approximate surface area is 179 Å². The zero-order valence-electron chi connectivity index (χ0n) is 16.8. The van der Waals surface area contributed by atoms with Gasteiger partial charge in [-0.2, -0.15) is 5.26 Å². The molecule has 7 heteroatoms. The minimum Gasteiger partial charge on any atom is -0.452 e. The number of nitrogens with zero attached hydrogens (tertiary/aromatic N) is 2. The molecule has 0 saturated carbocycles. The second-order valence-electron chi connectivity index (χ2n) is 6.50. The van der Waals surface area contributed by atoms with E-state index < -0.39 is 18.5 Å². The minimum atomic E-state index is -0.553. The Morgan fingerprint density at radius 3 is 2.67 bits per heavy atom. The van der Waals surface area contributed by atoms with Crippen molar-refractivity contribution >= 4 is 40.2 Å². The van der Waals surface area contributed by atoms with E-state index in [1.807, 2.05) is 50.2 Å². The first-order chi connectivity index (χ1) is 14.5. The number of amides is 1. The Morgan fingerprint density at radius 1 is 1.17 bits per heavy atom. The molecular weight excluding hydrogens is 398 g/mol. The molecule has 0 atom stereocenters. The number of nitrogens with one attached hydrogen (secondary N) is 1. The van der Waals surface area contributed by atoms with Crippen LogP contribution in [-0.2, 0) is 16.0 Å². The number of anilines is 1. The van der Waals surface area contributed by atoms with E-state index in [2.05, 4.69) is 16.4 Å². The van der Waals surface area contributed by atoms with Crippen molar-refractivity contribution in [3.63, 3.8) is 0 Å². The molecule has 6 nitrogen and oxygen atoms in total. The summed E-state index contributed by atoms with van der Waals surface area (Å²) in [7, 11) is 0. The van der Waals surface area contributed by atoms with Crippen molar-refractivity contribution in [3.8, 4) is 6.07 Å². The Hall–Kier alpha value is -3.37. The Kier molecular flexibility index (Phi) is 7.04. The number of para-hydroxylation sites is 2. The molecule has 1 heterocycles. The van der Waals surface area contributed by atoms with Crippen LogP contribution in [-0.4, -0.2) is 29.2 Å². The highest BCUT2D eigenvalue weighted by Crippen LogP contribution is 2.27. The molecule has 0 bridgehead atoms. The van der Waals surface area contributed by atoms with Crippen molar-refractivity contribution in [1.29, 1.82) is 5.26 Å². The van der Waals surface area contributed by atoms with E-state index in [1.165, 1.54) is 11.8 Å². The number of fused-ring (bicyclic) bond motifs is 1. The van der Waals surface area contributed by atoms with Crippen molar-refractivity contribution in [1.82, 2.24) is 4.98 Å². The van der Waals surface area contributed by atoms with Gasteiger partial charge < -0.3 is 10.1 Å². The molecule has 0 fully saturated rings. The third-order valence-corrected chi connectivity index (χ3v) is 5.50. The van der Waals surface area contributed by atoms with Crippen LogP contribution in [0, 0.1) is 18.3 Å². The third kappa shape index (κ3) is 4.78. The summed E-state index contributed by atoms with van der Waals surface area (Å²) in [6.45, 7) is 3.42. The highest BCUT2D eigenvalue weighted by atomic mass is 32.2. The molecule has 1 aromatic heterocycles. The van der Waals surface area contributed by atoms with Gasteiger partial charge in [0, 0.05) is 16.0 Å². The third-order valence-electron chi connectivity index (χ3n) is 4.56. The number of hydrogen-bond donors (Lipinski definition) is 1. The van der Waals surface area contributed by atoms with E-state index in [-0.39, 0.29) is 5.75 Å². The normalized spacial score (nSPS) is 10.4. The number of aryl methyl sites for hydroxylation is 1. The van der Waals surface area contributed by atoms with Crippen LogP contribution in [0.25, 0.3) is 10.9 Å². The molecule has 3 aromatic rings. The van der Waals surface area contributed by atoms with Gasteiger partial charge in [0.1, 0.15) is 0 Å². The topological polar surface area (TPSA) is 92.1 Å². The Bertz CT molecular complexity index is 1140. The number of pyridine rings is 1. The molecule has 0 spiro atoms. The van der Waals surface area contributed by atoms with Crippen LogP contribution in [0.15, 0.2) is 53.4 Å². The molecule has 30 heavy (non-hydrogen) atoms. The summed E-state index contributed by atoms with van der Waals surface area (Å²) >= 11 is 1.33. The molecular formula is C23H21N3O3S. The lowest BCUT2D eigenvalue weighted by atomic mass is 10.0. The SMILES string of the molecule is CCc1nc2ccccc2c(C(=O)OCC(=O)Nc2ccccc2SCC#N)c1C. The minimum absolute atomic E-state index is 0.274. The molecule has 0 aliphatic carbocycles. The van der Waals surface area contributed by atoms with Crippen LogP contribution < -0.4 is 5.32 Å². The zero-order chi connectivity index (χ0) is 21.5. The van der Waals surface area contributed by atoms with Crippen molar-refractivity contribution in [2.45, 2.75) is 25.2 Å². The summed E-state index contributed by atoms with van der Waals surface area (Å²) in [4.78, 5) is 30.6. The fraction of sp³-hybridized carbons (Fsp3) is 0.217. The molecule has 0 aliphatic rings. The van der Waals surface area contributed by atoms with Gasteiger partial charge in [-0.3, -0.25) is 9.78 Å². The van der Waals surface area contributed by atoms with Crippen molar-refractivity contribution in [2.75, 3.05) is 17.7 Å². The van der Waals surface area contributed by atoms with Gasteiger partial charge >= 0.3 is 5.97 Å². The van der Waals surface area contributed by atoms with Crippen LogP contribution in [0.2, 0.25) is 0 Å². The number of thioether (sulfide) groups is 1. The lowest BCUT2D eigenvalue weighted by molar-refractivity contribution is -0.119. The predicted octanol–water partition coefficient (Wildman–Crippen LogP) is 4.52. The number of rotatable bonds is 7. The first-order valence-corrected chi connectivity index (χ1v) is 10.5. The van der Waals surface area contributed by atoms with Crippen LogP contribution in [0.3, 0.4) is 0 Å². The van der Waals surface area contributed by atoms with E-state index in [9.17, 15) is 9.59 Å². The van der Waals surface area contributed by atoms with Gasteiger partial charge in [-0.05, 0) is 37.1 Å². The maximum atomic E-state index is 12.8. The second kappa shape index (κ2) is 9.90. The molecule has 0 radical (unpaired) electrons. The molecule has 0 aliphatic heterocycles. The van der Waals surface area contributed by atoms with Gasteiger partial charge in [0.15, 0.2) is 6.61 Å². The lowest BCUT2D eigenvalue weighted by Gasteiger charge is -2.14. The highest BCUT2D eigenvalue weighted by molar-refractivity contribution is 7.99. The van der Waals surface area contributed by atoms with Crippen LogP contribution in [0.5, 0.6) is 0 Å². The fourth-order valence-electron chi connectivity index (χ4n) is 3.16. The van der Waals surface area contributed by atoms with Crippen LogP contribution in [0.1, 0.15) is 28.5 Å². The lowest BCUT2D eigenvalue weighted by Crippen LogP contribution is -2.22. The maximum absolute atomic E-state index is 12.8. The molecule has 2 aromatic carbocycles. The number of carbonyl (C=O) groups excluding carboxylic acids is 2. The fourth-order valence-corrected chi connectivity index (χ4v) is 3.83. The maximum Gasteiger partial charge on any atom is 0.339 e. The second-order valence-corrected chi connectivity index (χ2v) is 7.51. The Balaban J connectivity index is 1.75. The van der Waals surface area contributed by atoms with Gasteiger partial charge in [0.05, 0.1) is 28.6 Å². The van der Waals surface area contributed by atoms with Gasteiger partial charge in [0.25, 0.3) is 5.91 Å². The number of ether oxygens (including phenoxy) is 1. The first kappa shape index (κ1) is 21.3. The number of carbonyl (C=O) groups is 2. The quantitative estimate of drug-likeness (QED) is 0.447. The monoisotopic (exact) mass is 419 g/mol. The summed E-state index contributed by atoms with van der Waals surface area (Å²) in [5.41, 5.74) is 3.33. The summed E-state index contributed by atoms with van der Waals surface area (Å²) in [5.74, 6) is -0.723. The molecule has 0 saturated heterocycles. The average molecular weight is 420 g/mol. The van der Waals surface area contributed by atoms with Gasteiger partial charge in [-0.15, -0.1) is 11.8 Å². The summed E-state index contributed by atoms with van der Waals surface area (Å²) in [6, 6.07) is 16.6. The number of benzene rings is 2. The van der Waals surface area contributed by atoms with Gasteiger partial charge in [-0.1, -0.05) is 37.3 Å². The smallest absolute Gasteiger partial charge is 0.339 e.